The van der Waals surface area contributed by atoms with Crippen molar-refractivity contribution in [2.45, 2.75) is 38.7 Å². The Labute approximate surface area is 125 Å². The van der Waals surface area contributed by atoms with Crippen molar-refractivity contribution in [2.24, 2.45) is 0 Å². The van der Waals surface area contributed by atoms with Crippen molar-refractivity contribution in [3.63, 3.8) is 0 Å². The molecule has 0 spiro atoms. The van der Waals surface area contributed by atoms with Gasteiger partial charge in [0, 0.05) is 19.6 Å². The zero-order chi connectivity index (χ0) is 15.5. The maximum absolute atomic E-state index is 12.1. The van der Waals surface area contributed by atoms with Crippen LogP contribution in [0, 0.1) is 0 Å². The van der Waals surface area contributed by atoms with Gasteiger partial charge in [0.25, 0.3) is 5.91 Å². The van der Waals surface area contributed by atoms with Gasteiger partial charge in [0.2, 0.25) is 0 Å². The van der Waals surface area contributed by atoms with Crippen LogP contribution < -0.4 is 5.32 Å². The number of aliphatic carboxylic acids is 1. The standard InChI is InChI=1S/C16H23NO4/c1-2-21-15(13-9-5-3-6-10-13)16(20)17-12-8-4-7-11-14(18)19/h3,5-6,9-10,15H,2,4,7-8,11-12H2,1H3,(H,17,20)(H,18,19). The third-order valence-electron chi connectivity index (χ3n) is 3.04. The highest BCUT2D eigenvalue weighted by Crippen LogP contribution is 2.17. The topological polar surface area (TPSA) is 75.6 Å². The lowest BCUT2D eigenvalue weighted by atomic mass is 10.1. The van der Waals surface area contributed by atoms with Crippen LogP contribution in [0.4, 0.5) is 0 Å². The lowest BCUT2D eigenvalue weighted by Crippen LogP contribution is -2.31. The van der Waals surface area contributed by atoms with E-state index in [1.807, 2.05) is 37.3 Å². The van der Waals surface area contributed by atoms with Gasteiger partial charge in [0.05, 0.1) is 0 Å². The number of carboxylic acid groups (broad SMARTS) is 1. The molecule has 1 amide bonds. The van der Waals surface area contributed by atoms with E-state index in [1.165, 1.54) is 0 Å². The zero-order valence-electron chi connectivity index (χ0n) is 12.4. The lowest BCUT2D eigenvalue weighted by molar-refractivity contribution is -0.137. The number of nitrogens with one attached hydrogen (secondary N) is 1. The van der Waals surface area contributed by atoms with Crippen molar-refractivity contribution < 1.29 is 19.4 Å². The fourth-order valence-corrected chi connectivity index (χ4v) is 2.00. The predicted molar refractivity (Wildman–Crippen MR) is 79.9 cm³/mol. The molecule has 0 heterocycles. The fourth-order valence-electron chi connectivity index (χ4n) is 2.00. The summed E-state index contributed by atoms with van der Waals surface area (Å²) in [7, 11) is 0. The van der Waals surface area contributed by atoms with Gasteiger partial charge >= 0.3 is 5.97 Å². The molecule has 1 rings (SSSR count). The van der Waals surface area contributed by atoms with Crippen LogP contribution in [0.2, 0.25) is 0 Å². The molecule has 0 aliphatic heterocycles. The summed E-state index contributed by atoms with van der Waals surface area (Å²) >= 11 is 0. The summed E-state index contributed by atoms with van der Waals surface area (Å²) in [6.45, 7) is 2.86. The average molecular weight is 293 g/mol. The molecule has 1 atom stereocenters. The second kappa shape index (κ2) is 9.94. The van der Waals surface area contributed by atoms with Gasteiger partial charge in [-0.2, -0.15) is 0 Å². The number of carbonyl (C=O) groups is 2. The second-order valence-corrected chi connectivity index (χ2v) is 4.74. The van der Waals surface area contributed by atoms with Crippen molar-refractivity contribution in [3.8, 4) is 0 Å². The van der Waals surface area contributed by atoms with Crippen molar-refractivity contribution >= 4 is 11.9 Å². The first-order valence-corrected chi connectivity index (χ1v) is 7.31. The SMILES string of the molecule is CCOC(C(=O)NCCCCCC(=O)O)c1ccccc1. The summed E-state index contributed by atoms with van der Waals surface area (Å²) in [6, 6.07) is 9.38. The highest BCUT2D eigenvalue weighted by Gasteiger charge is 2.19. The van der Waals surface area contributed by atoms with Gasteiger partial charge in [-0.3, -0.25) is 9.59 Å². The number of carboxylic acids is 1. The minimum absolute atomic E-state index is 0.152. The number of rotatable bonds is 10. The van der Waals surface area contributed by atoms with Crippen LogP contribution in [0.25, 0.3) is 0 Å². The van der Waals surface area contributed by atoms with Crippen LogP contribution in [0.1, 0.15) is 44.3 Å². The van der Waals surface area contributed by atoms with Gasteiger partial charge in [0.15, 0.2) is 6.10 Å². The second-order valence-electron chi connectivity index (χ2n) is 4.74. The number of benzene rings is 1. The maximum atomic E-state index is 12.1. The van der Waals surface area contributed by atoms with E-state index in [1.54, 1.807) is 0 Å². The van der Waals surface area contributed by atoms with Gasteiger partial charge in [-0.05, 0) is 25.3 Å². The van der Waals surface area contributed by atoms with Gasteiger partial charge in [-0.25, -0.2) is 0 Å². The minimum Gasteiger partial charge on any atom is -0.481 e. The normalized spacial score (nSPS) is 11.9. The number of hydrogen-bond donors (Lipinski definition) is 2. The first kappa shape index (κ1) is 17.2. The Kier molecular flexibility index (Phi) is 8.12. The molecule has 1 aromatic carbocycles. The largest absolute Gasteiger partial charge is 0.481 e. The molecule has 0 aromatic heterocycles. The van der Waals surface area contributed by atoms with Crippen LogP contribution >= 0.6 is 0 Å². The molecule has 116 valence electrons. The molecule has 0 aliphatic rings. The number of hydrogen-bond acceptors (Lipinski definition) is 3. The molecule has 1 unspecified atom stereocenters. The van der Waals surface area contributed by atoms with Crippen molar-refractivity contribution in [1.82, 2.24) is 5.32 Å². The highest BCUT2D eigenvalue weighted by molar-refractivity contribution is 5.82. The molecular weight excluding hydrogens is 270 g/mol. The summed E-state index contributed by atoms with van der Waals surface area (Å²) in [5.74, 6) is -0.930. The zero-order valence-corrected chi connectivity index (χ0v) is 12.4. The Bertz CT molecular complexity index is 433. The van der Waals surface area contributed by atoms with Gasteiger partial charge in [-0.1, -0.05) is 36.8 Å². The summed E-state index contributed by atoms with van der Waals surface area (Å²) in [5.41, 5.74) is 0.836. The van der Waals surface area contributed by atoms with E-state index in [0.717, 1.165) is 18.4 Å². The Balaban J connectivity index is 2.35. The number of carbonyl (C=O) groups excluding carboxylic acids is 1. The van der Waals surface area contributed by atoms with Crippen molar-refractivity contribution in [1.29, 1.82) is 0 Å². The van der Waals surface area contributed by atoms with Gasteiger partial charge < -0.3 is 15.2 Å². The van der Waals surface area contributed by atoms with Crippen molar-refractivity contribution in [2.75, 3.05) is 13.2 Å². The van der Waals surface area contributed by atoms with Crippen LogP contribution in [0.15, 0.2) is 30.3 Å². The van der Waals surface area contributed by atoms with E-state index < -0.39 is 12.1 Å². The quantitative estimate of drug-likeness (QED) is 0.650. The van der Waals surface area contributed by atoms with E-state index in [9.17, 15) is 9.59 Å². The van der Waals surface area contributed by atoms with Gasteiger partial charge in [-0.15, -0.1) is 0 Å². The molecule has 0 radical (unpaired) electrons. The molecule has 1 aromatic rings. The predicted octanol–water partition coefficient (Wildman–Crippen LogP) is 2.53. The van der Waals surface area contributed by atoms with E-state index in [0.29, 0.717) is 19.6 Å². The molecule has 21 heavy (non-hydrogen) atoms. The monoisotopic (exact) mass is 293 g/mol. The van der Waals surface area contributed by atoms with E-state index in [2.05, 4.69) is 5.32 Å². The molecule has 5 nitrogen and oxygen atoms in total. The van der Waals surface area contributed by atoms with Crippen LogP contribution in [0.5, 0.6) is 0 Å². The third-order valence-corrected chi connectivity index (χ3v) is 3.04. The third kappa shape index (κ3) is 6.90. The Morgan fingerprint density at radius 2 is 1.90 bits per heavy atom. The minimum atomic E-state index is -0.778. The Hall–Kier alpha value is -1.88. The van der Waals surface area contributed by atoms with Crippen LogP contribution in [-0.2, 0) is 14.3 Å². The first-order valence-electron chi connectivity index (χ1n) is 7.31. The number of amides is 1. The molecule has 2 N–H and O–H groups in total. The summed E-state index contributed by atoms with van der Waals surface area (Å²) in [5, 5.41) is 11.4. The average Bonchev–Trinajstić information content (AvgIpc) is 2.48. The van der Waals surface area contributed by atoms with Crippen LogP contribution in [0.3, 0.4) is 0 Å². The van der Waals surface area contributed by atoms with Gasteiger partial charge in [0.1, 0.15) is 0 Å². The smallest absolute Gasteiger partial charge is 0.303 e. The highest BCUT2D eigenvalue weighted by atomic mass is 16.5. The Morgan fingerprint density at radius 3 is 2.52 bits per heavy atom. The number of unbranched alkanes of at least 4 members (excludes halogenated alkanes) is 2. The Morgan fingerprint density at radius 1 is 1.19 bits per heavy atom. The first-order chi connectivity index (χ1) is 10.1. The van der Waals surface area contributed by atoms with Crippen molar-refractivity contribution in [3.05, 3.63) is 35.9 Å². The summed E-state index contributed by atoms with van der Waals surface area (Å²) in [4.78, 5) is 22.5. The molecule has 0 bridgehead atoms. The molecule has 0 fully saturated rings. The number of ether oxygens (including phenoxy) is 1. The molecule has 0 aliphatic carbocycles. The van der Waals surface area contributed by atoms with E-state index in [-0.39, 0.29) is 12.3 Å². The molecular formula is C16H23NO4. The van der Waals surface area contributed by atoms with E-state index >= 15 is 0 Å². The molecule has 5 heteroatoms. The van der Waals surface area contributed by atoms with E-state index in [4.69, 9.17) is 9.84 Å². The van der Waals surface area contributed by atoms with Crippen LogP contribution in [-0.4, -0.2) is 30.1 Å². The fraction of sp³-hybridized carbons (Fsp3) is 0.500. The molecule has 0 saturated heterocycles. The summed E-state index contributed by atoms with van der Waals surface area (Å²) in [6.07, 6.45) is 1.79. The molecule has 0 saturated carbocycles. The summed E-state index contributed by atoms with van der Waals surface area (Å²) < 4.78 is 5.51. The maximum Gasteiger partial charge on any atom is 0.303 e. The lowest BCUT2D eigenvalue weighted by Gasteiger charge is -2.17.